The van der Waals surface area contributed by atoms with Crippen LogP contribution in [0.3, 0.4) is 0 Å². The molecule has 1 aliphatic carbocycles. The summed E-state index contributed by atoms with van der Waals surface area (Å²) in [6, 6.07) is 0. The predicted octanol–water partition coefficient (Wildman–Crippen LogP) is 4.16. The molecule has 1 rings (SSSR count). The molecule has 1 aliphatic rings. The first kappa shape index (κ1) is 12.4. The topological polar surface area (TPSA) is 26.0 Å². The Labute approximate surface area is 94.4 Å². The maximum absolute atomic E-state index is 5.77. The predicted molar refractivity (Wildman–Crippen MR) is 67.5 cm³/mol. The minimum Gasteiger partial charge on any atom is -0.399 e. The van der Waals surface area contributed by atoms with Crippen molar-refractivity contribution in [2.24, 2.45) is 11.7 Å². The Bertz CT molecular complexity index is 232. The molecule has 86 valence electrons. The molecule has 0 atom stereocenters. The molecular formula is C14H25N. The van der Waals surface area contributed by atoms with Crippen LogP contribution in [0.4, 0.5) is 0 Å². The summed E-state index contributed by atoms with van der Waals surface area (Å²) in [5, 5.41) is 0. The van der Waals surface area contributed by atoms with Crippen LogP contribution in [0.1, 0.15) is 58.8 Å². The van der Waals surface area contributed by atoms with Crippen molar-refractivity contribution in [1.29, 1.82) is 0 Å². The summed E-state index contributed by atoms with van der Waals surface area (Å²) >= 11 is 0. The largest absolute Gasteiger partial charge is 0.399 e. The van der Waals surface area contributed by atoms with Crippen LogP contribution in [0.2, 0.25) is 0 Å². The maximum Gasteiger partial charge on any atom is 0.0270 e. The molecule has 1 saturated carbocycles. The Morgan fingerprint density at radius 1 is 1.27 bits per heavy atom. The van der Waals surface area contributed by atoms with Gasteiger partial charge in [0.25, 0.3) is 0 Å². The van der Waals surface area contributed by atoms with Crippen molar-refractivity contribution < 1.29 is 0 Å². The Hall–Kier alpha value is -0.720. The molecule has 0 spiro atoms. The highest BCUT2D eigenvalue weighted by Gasteiger charge is 2.12. The first-order valence-corrected chi connectivity index (χ1v) is 6.31. The van der Waals surface area contributed by atoms with Gasteiger partial charge < -0.3 is 5.73 Å². The molecule has 0 aromatic rings. The molecule has 1 fully saturated rings. The molecule has 0 aromatic carbocycles. The number of nitrogens with two attached hydrogens (primary N) is 1. The first-order chi connectivity index (χ1) is 7.22. The Morgan fingerprint density at radius 3 is 2.53 bits per heavy atom. The highest BCUT2D eigenvalue weighted by atomic mass is 14.5. The Morgan fingerprint density at radius 2 is 1.93 bits per heavy atom. The zero-order chi connectivity index (χ0) is 11.1. The van der Waals surface area contributed by atoms with E-state index in [-0.39, 0.29) is 0 Å². The lowest BCUT2D eigenvalue weighted by Crippen LogP contribution is -2.06. The van der Waals surface area contributed by atoms with Crippen LogP contribution in [-0.4, -0.2) is 0 Å². The summed E-state index contributed by atoms with van der Waals surface area (Å²) in [6.45, 7) is 4.18. The molecule has 0 bridgehead atoms. The normalized spacial score (nSPS) is 20.7. The van der Waals surface area contributed by atoms with Gasteiger partial charge in [-0.1, -0.05) is 43.8 Å². The second-order valence-electron chi connectivity index (χ2n) is 4.82. The first-order valence-electron chi connectivity index (χ1n) is 6.31. The van der Waals surface area contributed by atoms with E-state index in [2.05, 4.69) is 13.0 Å². The van der Waals surface area contributed by atoms with E-state index in [0.717, 1.165) is 11.6 Å². The fraction of sp³-hybridized carbons (Fsp3) is 0.714. The van der Waals surface area contributed by atoms with Crippen molar-refractivity contribution in [2.45, 2.75) is 58.8 Å². The number of hydrogen-bond donors (Lipinski definition) is 1. The van der Waals surface area contributed by atoms with Gasteiger partial charge in [-0.25, -0.2) is 0 Å². The molecule has 1 nitrogen and oxygen atoms in total. The van der Waals surface area contributed by atoms with Crippen molar-refractivity contribution in [2.75, 3.05) is 0 Å². The summed E-state index contributed by atoms with van der Waals surface area (Å²) in [5.74, 6) is 0.980. The lowest BCUT2D eigenvalue weighted by Gasteiger charge is -2.21. The quantitative estimate of drug-likeness (QED) is 0.688. The molecule has 15 heavy (non-hydrogen) atoms. The number of allylic oxidation sites excluding steroid dienone is 3. The van der Waals surface area contributed by atoms with Crippen LogP contribution < -0.4 is 5.73 Å². The monoisotopic (exact) mass is 207 g/mol. The Balaban J connectivity index is 2.26. The van der Waals surface area contributed by atoms with Crippen molar-refractivity contribution >= 4 is 0 Å². The van der Waals surface area contributed by atoms with Gasteiger partial charge in [0.2, 0.25) is 0 Å². The van der Waals surface area contributed by atoms with Gasteiger partial charge in [-0.15, -0.1) is 0 Å². The standard InChI is InChI=1S/C14H25N/c1-3-14(15)11-12(2)9-10-13-7-5-4-6-8-13/h3,11,13H,4-10,15H2,1-2H3/b12-11+,14-3+. The van der Waals surface area contributed by atoms with E-state index in [4.69, 9.17) is 5.73 Å². The third-order valence-electron chi connectivity index (χ3n) is 3.42. The lowest BCUT2D eigenvalue weighted by molar-refractivity contribution is 0.339. The zero-order valence-electron chi connectivity index (χ0n) is 10.3. The Kier molecular flexibility index (Phi) is 5.52. The van der Waals surface area contributed by atoms with Gasteiger partial charge in [0.15, 0.2) is 0 Å². The lowest BCUT2D eigenvalue weighted by atomic mass is 9.85. The smallest absolute Gasteiger partial charge is 0.0270 e. The maximum atomic E-state index is 5.77. The van der Waals surface area contributed by atoms with Crippen molar-refractivity contribution in [3.05, 3.63) is 23.4 Å². The van der Waals surface area contributed by atoms with E-state index >= 15 is 0 Å². The second-order valence-corrected chi connectivity index (χ2v) is 4.82. The molecule has 1 heteroatoms. The third-order valence-corrected chi connectivity index (χ3v) is 3.42. The molecular weight excluding hydrogens is 182 g/mol. The zero-order valence-corrected chi connectivity index (χ0v) is 10.3. The molecule has 2 N–H and O–H groups in total. The van der Waals surface area contributed by atoms with E-state index < -0.39 is 0 Å². The highest BCUT2D eigenvalue weighted by molar-refractivity contribution is 5.18. The average molecular weight is 207 g/mol. The minimum atomic E-state index is 0.899. The van der Waals surface area contributed by atoms with E-state index in [1.807, 2.05) is 13.0 Å². The molecule has 0 aliphatic heterocycles. The van der Waals surface area contributed by atoms with Crippen LogP contribution in [-0.2, 0) is 0 Å². The molecule has 0 amide bonds. The fourth-order valence-electron chi connectivity index (χ4n) is 2.35. The number of rotatable bonds is 4. The average Bonchev–Trinajstić information content (AvgIpc) is 2.27. The van der Waals surface area contributed by atoms with Crippen LogP contribution in [0.25, 0.3) is 0 Å². The highest BCUT2D eigenvalue weighted by Crippen LogP contribution is 2.28. The summed E-state index contributed by atoms with van der Waals surface area (Å²) in [4.78, 5) is 0. The van der Waals surface area contributed by atoms with Crippen molar-refractivity contribution in [1.82, 2.24) is 0 Å². The third kappa shape index (κ3) is 5.06. The molecule has 0 heterocycles. The van der Waals surface area contributed by atoms with Crippen LogP contribution in [0.15, 0.2) is 23.4 Å². The molecule has 0 unspecified atom stereocenters. The molecule has 0 aromatic heterocycles. The van der Waals surface area contributed by atoms with Crippen molar-refractivity contribution in [3.8, 4) is 0 Å². The van der Waals surface area contributed by atoms with Gasteiger partial charge in [-0.3, -0.25) is 0 Å². The summed E-state index contributed by atoms with van der Waals surface area (Å²) in [5.41, 5.74) is 8.09. The van der Waals surface area contributed by atoms with Crippen LogP contribution in [0, 0.1) is 5.92 Å². The fourth-order valence-corrected chi connectivity index (χ4v) is 2.35. The molecule has 0 radical (unpaired) electrons. The summed E-state index contributed by atoms with van der Waals surface area (Å²) in [7, 11) is 0. The van der Waals surface area contributed by atoms with Crippen molar-refractivity contribution in [3.63, 3.8) is 0 Å². The SMILES string of the molecule is C/C=C(N)\C=C(/C)CCC1CCCCC1. The second kappa shape index (κ2) is 6.71. The number of hydrogen-bond acceptors (Lipinski definition) is 1. The van der Waals surface area contributed by atoms with Gasteiger partial charge in [-0.2, -0.15) is 0 Å². The summed E-state index contributed by atoms with van der Waals surface area (Å²) in [6.07, 6.45) is 13.9. The van der Waals surface area contributed by atoms with E-state index in [1.54, 1.807) is 0 Å². The molecule has 0 saturated heterocycles. The van der Waals surface area contributed by atoms with Crippen LogP contribution in [0.5, 0.6) is 0 Å². The van der Waals surface area contributed by atoms with E-state index in [9.17, 15) is 0 Å². The van der Waals surface area contributed by atoms with Gasteiger partial charge in [-0.05, 0) is 38.7 Å². The van der Waals surface area contributed by atoms with Gasteiger partial charge in [0.1, 0.15) is 0 Å². The van der Waals surface area contributed by atoms with Gasteiger partial charge in [0.05, 0.1) is 0 Å². The minimum absolute atomic E-state index is 0.899. The van der Waals surface area contributed by atoms with Gasteiger partial charge in [0, 0.05) is 5.70 Å². The van der Waals surface area contributed by atoms with Gasteiger partial charge >= 0.3 is 0 Å². The van der Waals surface area contributed by atoms with E-state index in [1.165, 1.54) is 50.5 Å². The van der Waals surface area contributed by atoms with Crippen LogP contribution >= 0.6 is 0 Å². The van der Waals surface area contributed by atoms with E-state index in [0.29, 0.717) is 0 Å². The summed E-state index contributed by atoms with van der Waals surface area (Å²) < 4.78 is 0.